The number of likely N-dealkylation sites (tertiary alicyclic amines) is 1. The minimum atomic E-state index is -5.08. The number of hydrogen-bond acceptors (Lipinski definition) is 7. The van der Waals surface area contributed by atoms with Gasteiger partial charge in [0.15, 0.2) is 0 Å². The third kappa shape index (κ3) is 10.8. The highest BCUT2D eigenvalue weighted by Crippen LogP contribution is 2.42. The molecule has 0 aromatic carbocycles. The van der Waals surface area contributed by atoms with E-state index in [1.165, 1.54) is 0 Å². The molecule has 2 aromatic heterocycles. The molecular formula is C24H28F6N2O7. The first-order valence-electron chi connectivity index (χ1n) is 11.8. The van der Waals surface area contributed by atoms with E-state index in [9.17, 15) is 26.3 Å². The molecule has 2 aliphatic rings. The number of carbonyl (C=O) groups is 2. The highest BCUT2D eigenvalue weighted by Gasteiger charge is 2.46. The molecule has 2 saturated heterocycles. The summed E-state index contributed by atoms with van der Waals surface area (Å²) in [5, 5.41) is 14.2. The molecule has 39 heavy (non-hydrogen) atoms. The van der Waals surface area contributed by atoms with Crippen LogP contribution >= 0.6 is 0 Å². The van der Waals surface area contributed by atoms with Crippen molar-refractivity contribution in [2.24, 2.45) is 5.92 Å². The Morgan fingerprint density at radius 1 is 1.03 bits per heavy atom. The summed E-state index contributed by atoms with van der Waals surface area (Å²) in [6.45, 7) is 4.63. The number of carboxylic acids is 2. The molecule has 0 radical (unpaired) electrons. The number of furan rings is 1. The van der Waals surface area contributed by atoms with E-state index < -0.39 is 24.3 Å². The van der Waals surface area contributed by atoms with E-state index in [4.69, 9.17) is 33.7 Å². The summed E-state index contributed by atoms with van der Waals surface area (Å²) >= 11 is 0. The number of aromatic nitrogens is 1. The van der Waals surface area contributed by atoms with E-state index in [-0.39, 0.29) is 5.60 Å². The Balaban J connectivity index is 0.000000317. The third-order valence-corrected chi connectivity index (χ3v) is 6.10. The summed E-state index contributed by atoms with van der Waals surface area (Å²) in [5.74, 6) is -3.17. The molecule has 0 aliphatic carbocycles. The van der Waals surface area contributed by atoms with Crippen molar-refractivity contribution < 1.29 is 60.0 Å². The van der Waals surface area contributed by atoms with Gasteiger partial charge in [-0.25, -0.2) is 14.6 Å². The van der Waals surface area contributed by atoms with E-state index in [2.05, 4.69) is 9.88 Å². The second-order valence-corrected chi connectivity index (χ2v) is 8.67. The summed E-state index contributed by atoms with van der Waals surface area (Å²) < 4.78 is 81.0. The smallest absolute Gasteiger partial charge is 0.478 e. The largest absolute Gasteiger partial charge is 0.490 e. The molecule has 4 rings (SSSR count). The SMILES string of the molecule is O=C(O)C(F)(F)F.O=C(O)C(F)(F)F.c1ccc(OCCC2CCOC23CCN(Cc2ccco2)CC3)nc1. The quantitative estimate of drug-likeness (QED) is 0.473. The maximum absolute atomic E-state index is 10.6. The third-order valence-electron chi connectivity index (χ3n) is 6.10. The van der Waals surface area contributed by atoms with Crippen molar-refractivity contribution in [3.05, 3.63) is 48.6 Å². The van der Waals surface area contributed by atoms with Crippen molar-refractivity contribution >= 4 is 11.9 Å². The summed E-state index contributed by atoms with van der Waals surface area (Å²) in [6, 6.07) is 9.78. The molecular weight excluding hydrogens is 542 g/mol. The lowest BCUT2D eigenvalue weighted by molar-refractivity contribution is -0.193. The van der Waals surface area contributed by atoms with Crippen LogP contribution in [-0.2, 0) is 20.9 Å². The van der Waals surface area contributed by atoms with Crippen molar-refractivity contribution in [2.75, 3.05) is 26.3 Å². The first-order valence-corrected chi connectivity index (χ1v) is 11.8. The van der Waals surface area contributed by atoms with Gasteiger partial charge in [0.05, 0.1) is 25.0 Å². The van der Waals surface area contributed by atoms with Crippen molar-refractivity contribution in [3.63, 3.8) is 0 Å². The molecule has 2 fully saturated rings. The van der Waals surface area contributed by atoms with Crippen LogP contribution in [-0.4, -0.2) is 76.3 Å². The number of nitrogens with zero attached hydrogens (tertiary/aromatic N) is 2. The molecule has 1 spiro atoms. The zero-order valence-electron chi connectivity index (χ0n) is 20.6. The van der Waals surface area contributed by atoms with Gasteiger partial charge in [-0.05, 0) is 49.8 Å². The van der Waals surface area contributed by atoms with Crippen LogP contribution in [0.25, 0.3) is 0 Å². The maximum atomic E-state index is 10.6. The van der Waals surface area contributed by atoms with Gasteiger partial charge in [0, 0.05) is 32.0 Å². The number of carboxylic acid groups (broad SMARTS) is 2. The first-order chi connectivity index (χ1) is 18.2. The topological polar surface area (TPSA) is 122 Å². The fourth-order valence-electron chi connectivity index (χ4n) is 4.20. The molecule has 1 unspecified atom stereocenters. The van der Waals surface area contributed by atoms with Crippen LogP contribution in [0.1, 0.15) is 31.4 Å². The fraction of sp³-hybridized carbons (Fsp3) is 0.542. The van der Waals surface area contributed by atoms with Crippen LogP contribution in [0.2, 0.25) is 0 Å². The Hall–Kier alpha value is -3.33. The van der Waals surface area contributed by atoms with Gasteiger partial charge in [0.2, 0.25) is 5.88 Å². The predicted octanol–water partition coefficient (Wildman–Crippen LogP) is 4.78. The van der Waals surface area contributed by atoms with E-state index in [1.807, 2.05) is 30.3 Å². The molecule has 0 amide bonds. The number of halogens is 6. The van der Waals surface area contributed by atoms with Crippen LogP contribution in [0, 0.1) is 5.92 Å². The summed E-state index contributed by atoms with van der Waals surface area (Å²) in [6.07, 6.45) is -2.27. The van der Waals surface area contributed by atoms with Crippen LogP contribution < -0.4 is 4.74 Å². The molecule has 1 atom stereocenters. The standard InChI is InChI=1S/C20H26N2O3.2C2HF3O2/c1-2-10-21-19(5-1)24-14-6-17-7-15-25-20(17)8-11-22(12-9-20)16-18-4-3-13-23-18;2*3-2(4,5)1(6)7/h1-5,10,13,17H,6-9,11-12,14-16H2;2*(H,6,7). The van der Waals surface area contributed by atoms with Gasteiger partial charge in [0.25, 0.3) is 0 Å². The van der Waals surface area contributed by atoms with Gasteiger partial charge < -0.3 is 24.1 Å². The lowest BCUT2D eigenvalue weighted by Crippen LogP contribution is -2.47. The lowest BCUT2D eigenvalue weighted by Gasteiger charge is -2.42. The van der Waals surface area contributed by atoms with Gasteiger partial charge in [0.1, 0.15) is 5.76 Å². The number of pyridine rings is 1. The Morgan fingerprint density at radius 3 is 2.13 bits per heavy atom. The zero-order chi connectivity index (χ0) is 29.1. The van der Waals surface area contributed by atoms with Crippen LogP contribution in [0.5, 0.6) is 5.88 Å². The predicted molar refractivity (Wildman–Crippen MR) is 122 cm³/mol. The minimum Gasteiger partial charge on any atom is -0.478 e. The molecule has 4 heterocycles. The number of hydrogen-bond donors (Lipinski definition) is 2. The molecule has 218 valence electrons. The van der Waals surface area contributed by atoms with Crippen molar-refractivity contribution in [3.8, 4) is 5.88 Å². The molecule has 15 heteroatoms. The Kier molecular flexibility index (Phi) is 11.6. The van der Waals surface area contributed by atoms with Crippen molar-refractivity contribution in [1.82, 2.24) is 9.88 Å². The normalized spacial score (nSPS) is 18.9. The van der Waals surface area contributed by atoms with E-state index in [0.29, 0.717) is 18.4 Å². The average molecular weight is 570 g/mol. The molecule has 2 aliphatic heterocycles. The van der Waals surface area contributed by atoms with Crippen LogP contribution in [0.15, 0.2) is 47.2 Å². The van der Waals surface area contributed by atoms with Crippen molar-refractivity contribution in [2.45, 2.75) is 50.2 Å². The fourth-order valence-corrected chi connectivity index (χ4v) is 4.20. The minimum absolute atomic E-state index is 0.0488. The van der Waals surface area contributed by atoms with Gasteiger partial charge in [-0.1, -0.05) is 6.07 Å². The Morgan fingerprint density at radius 2 is 1.64 bits per heavy atom. The highest BCUT2D eigenvalue weighted by molar-refractivity contribution is 5.73. The summed E-state index contributed by atoms with van der Waals surface area (Å²) in [5.41, 5.74) is 0.0488. The van der Waals surface area contributed by atoms with E-state index in [0.717, 1.165) is 57.7 Å². The lowest BCUT2D eigenvalue weighted by atomic mass is 9.78. The van der Waals surface area contributed by atoms with Crippen LogP contribution in [0.3, 0.4) is 0 Å². The monoisotopic (exact) mass is 570 g/mol. The highest BCUT2D eigenvalue weighted by atomic mass is 19.4. The number of rotatable bonds is 6. The average Bonchev–Trinajstić information content (AvgIpc) is 3.51. The van der Waals surface area contributed by atoms with E-state index in [1.54, 1.807) is 12.5 Å². The van der Waals surface area contributed by atoms with Gasteiger partial charge in [-0.15, -0.1) is 0 Å². The van der Waals surface area contributed by atoms with E-state index >= 15 is 0 Å². The Bertz CT molecular complexity index is 984. The van der Waals surface area contributed by atoms with Gasteiger partial charge in [-0.2, -0.15) is 26.3 Å². The number of alkyl halides is 6. The zero-order valence-corrected chi connectivity index (χ0v) is 20.6. The van der Waals surface area contributed by atoms with Crippen LogP contribution in [0.4, 0.5) is 26.3 Å². The number of ether oxygens (including phenoxy) is 2. The number of piperidine rings is 1. The first kappa shape index (κ1) is 31.9. The molecule has 0 bridgehead atoms. The summed E-state index contributed by atoms with van der Waals surface area (Å²) in [4.78, 5) is 24.5. The molecule has 2 N–H and O–H groups in total. The maximum Gasteiger partial charge on any atom is 0.490 e. The molecule has 2 aromatic rings. The number of aliphatic carboxylic acids is 2. The van der Waals surface area contributed by atoms with Gasteiger partial charge >= 0.3 is 24.3 Å². The van der Waals surface area contributed by atoms with Gasteiger partial charge in [-0.3, -0.25) is 4.90 Å². The second kappa shape index (κ2) is 14.2. The second-order valence-electron chi connectivity index (χ2n) is 8.67. The Labute approximate surface area is 219 Å². The summed E-state index contributed by atoms with van der Waals surface area (Å²) in [7, 11) is 0. The molecule has 0 saturated carbocycles. The molecule has 9 nitrogen and oxygen atoms in total. The van der Waals surface area contributed by atoms with Crippen molar-refractivity contribution in [1.29, 1.82) is 0 Å².